The van der Waals surface area contributed by atoms with E-state index in [0.717, 1.165) is 38.5 Å². The standard InChI is InChI=1S/C71H139NO5/c1-3-5-7-9-11-13-15-17-39-43-47-51-55-59-63-69(74)68(67-73)72-70(75)64-60-56-52-48-44-40-37-35-33-31-29-27-25-23-21-19-20-22-24-26-28-30-32-34-36-38-42-46-50-54-58-62-66-77-71(76)65-61-57-53-49-45-41-18-16-14-12-10-8-6-4-2/h22,24,68-69,73-74H,3-21,23,25-67H2,1-2H3,(H,72,75)/b24-22-. The molecule has 0 aliphatic carbocycles. The van der Waals surface area contributed by atoms with Crippen molar-refractivity contribution in [2.75, 3.05) is 13.2 Å². The molecule has 0 aromatic heterocycles. The predicted octanol–water partition coefficient (Wildman–Crippen LogP) is 22.8. The smallest absolute Gasteiger partial charge is 0.305 e. The van der Waals surface area contributed by atoms with Crippen LogP contribution in [-0.2, 0) is 14.3 Å². The van der Waals surface area contributed by atoms with Crippen LogP contribution in [0.2, 0.25) is 0 Å². The van der Waals surface area contributed by atoms with Crippen molar-refractivity contribution in [3.8, 4) is 0 Å². The number of hydrogen-bond donors (Lipinski definition) is 3. The number of rotatable bonds is 67. The zero-order chi connectivity index (χ0) is 55.7. The average molecular weight is 1090 g/mol. The maximum Gasteiger partial charge on any atom is 0.305 e. The molecule has 0 saturated heterocycles. The number of aliphatic hydroxyl groups is 2. The number of unbranched alkanes of at least 4 members (excludes halogenated alkanes) is 54. The first-order valence-electron chi connectivity index (χ1n) is 35.4. The molecule has 6 nitrogen and oxygen atoms in total. The normalized spacial score (nSPS) is 12.5. The summed E-state index contributed by atoms with van der Waals surface area (Å²) in [7, 11) is 0. The fourth-order valence-electron chi connectivity index (χ4n) is 11.4. The van der Waals surface area contributed by atoms with Crippen molar-refractivity contribution < 1.29 is 24.5 Å². The van der Waals surface area contributed by atoms with Gasteiger partial charge in [0.2, 0.25) is 5.91 Å². The molecule has 0 fully saturated rings. The Kier molecular flexibility index (Phi) is 65.9. The molecule has 0 spiro atoms. The molecule has 458 valence electrons. The third-order valence-electron chi connectivity index (χ3n) is 16.8. The van der Waals surface area contributed by atoms with Crippen LogP contribution in [0.15, 0.2) is 12.2 Å². The number of hydrogen-bond acceptors (Lipinski definition) is 5. The van der Waals surface area contributed by atoms with Gasteiger partial charge in [0.1, 0.15) is 0 Å². The Bertz CT molecular complexity index is 1160. The minimum atomic E-state index is -0.661. The number of allylic oxidation sites excluding steroid dienone is 2. The summed E-state index contributed by atoms with van der Waals surface area (Å²) in [5.74, 6) is -0.00809. The van der Waals surface area contributed by atoms with E-state index in [1.54, 1.807) is 0 Å². The van der Waals surface area contributed by atoms with Crippen LogP contribution in [0.1, 0.15) is 406 Å². The summed E-state index contributed by atoms with van der Waals surface area (Å²) in [6.45, 7) is 4.99. The number of aliphatic hydroxyl groups excluding tert-OH is 2. The van der Waals surface area contributed by atoms with E-state index in [9.17, 15) is 19.8 Å². The number of ether oxygens (including phenoxy) is 1. The monoisotopic (exact) mass is 1090 g/mol. The molecule has 0 aromatic carbocycles. The molecule has 0 saturated carbocycles. The molecule has 2 atom stereocenters. The highest BCUT2D eigenvalue weighted by molar-refractivity contribution is 5.76. The number of nitrogens with one attached hydrogen (secondary N) is 1. The summed E-state index contributed by atoms with van der Waals surface area (Å²) in [6, 6.07) is -0.538. The molecule has 0 aromatic rings. The molecule has 2 unspecified atom stereocenters. The molecule has 3 N–H and O–H groups in total. The number of carbonyl (C=O) groups is 2. The third kappa shape index (κ3) is 63.6. The quantitative estimate of drug-likeness (QED) is 0.0320. The van der Waals surface area contributed by atoms with Gasteiger partial charge in [0.15, 0.2) is 0 Å². The maximum absolute atomic E-state index is 12.5. The zero-order valence-corrected chi connectivity index (χ0v) is 52.5. The number of amides is 1. The van der Waals surface area contributed by atoms with E-state index >= 15 is 0 Å². The summed E-state index contributed by atoms with van der Waals surface area (Å²) in [5, 5.41) is 23.3. The van der Waals surface area contributed by atoms with Gasteiger partial charge in [0, 0.05) is 12.8 Å². The minimum Gasteiger partial charge on any atom is -0.466 e. The molecule has 0 bridgehead atoms. The van der Waals surface area contributed by atoms with Gasteiger partial charge in [-0.15, -0.1) is 0 Å². The fourth-order valence-corrected chi connectivity index (χ4v) is 11.4. The Morgan fingerprint density at radius 2 is 0.610 bits per heavy atom. The second kappa shape index (κ2) is 67.1. The molecule has 0 aliphatic rings. The molecule has 0 rings (SSSR count). The molecule has 0 radical (unpaired) electrons. The molecule has 1 amide bonds. The highest BCUT2D eigenvalue weighted by Crippen LogP contribution is 2.19. The Morgan fingerprint density at radius 3 is 0.922 bits per heavy atom. The average Bonchev–Trinajstić information content (AvgIpc) is 3.43. The second-order valence-corrected chi connectivity index (χ2v) is 24.6. The largest absolute Gasteiger partial charge is 0.466 e. The Morgan fingerprint density at radius 1 is 0.351 bits per heavy atom. The molecule has 6 heteroatoms. The predicted molar refractivity (Wildman–Crippen MR) is 338 cm³/mol. The molecular formula is C71H139NO5. The van der Waals surface area contributed by atoms with E-state index < -0.39 is 12.1 Å². The first kappa shape index (κ1) is 75.6. The summed E-state index contributed by atoms with van der Waals surface area (Å²) < 4.78 is 5.49. The van der Waals surface area contributed by atoms with Crippen molar-refractivity contribution in [3.05, 3.63) is 12.2 Å². The molecule has 77 heavy (non-hydrogen) atoms. The third-order valence-corrected chi connectivity index (χ3v) is 16.8. The highest BCUT2D eigenvalue weighted by atomic mass is 16.5. The van der Waals surface area contributed by atoms with E-state index in [0.29, 0.717) is 25.9 Å². The lowest BCUT2D eigenvalue weighted by atomic mass is 10.0. The van der Waals surface area contributed by atoms with Crippen LogP contribution >= 0.6 is 0 Å². The molecule has 0 heterocycles. The van der Waals surface area contributed by atoms with Crippen LogP contribution in [0.25, 0.3) is 0 Å². The van der Waals surface area contributed by atoms with Crippen LogP contribution in [0.4, 0.5) is 0 Å². The van der Waals surface area contributed by atoms with Crippen LogP contribution in [0, 0.1) is 0 Å². The summed E-state index contributed by atoms with van der Waals surface area (Å²) in [4.78, 5) is 24.6. The van der Waals surface area contributed by atoms with Crippen molar-refractivity contribution in [2.24, 2.45) is 0 Å². The van der Waals surface area contributed by atoms with E-state index in [2.05, 4.69) is 31.3 Å². The van der Waals surface area contributed by atoms with Crippen LogP contribution in [-0.4, -0.2) is 47.4 Å². The van der Waals surface area contributed by atoms with E-state index in [1.165, 1.54) is 334 Å². The Hall–Kier alpha value is -1.40. The lowest BCUT2D eigenvalue weighted by molar-refractivity contribution is -0.143. The van der Waals surface area contributed by atoms with E-state index in [-0.39, 0.29) is 18.5 Å². The van der Waals surface area contributed by atoms with Gasteiger partial charge >= 0.3 is 5.97 Å². The second-order valence-electron chi connectivity index (χ2n) is 24.6. The van der Waals surface area contributed by atoms with E-state index in [4.69, 9.17) is 4.74 Å². The summed E-state index contributed by atoms with van der Waals surface area (Å²) in [5.41, 5.74) is 0. The van der Waals surface area contributed by atoms with Gasteiger partial charge in [-0.3, -0.25) is 9.59 Å². The number of esters is 1. The topological polar surface area (TPSA) is 95.9 Å². The fraction of sp³-hybridized carbons (Fsp3) is 0.944. The summed E-state index contributed by atoms with van der Waals surface area (Å²) in [6.07, 6.45) is 82.7. The Labute approximate surface area is 482 Å². The van der Waals surface area contributed by atoms with Crippen molar-refractivity contribution in [1.29, 1.82) is 0 Å². The zero-order valence-electron chi connectivity index (χ0n) is 52.5. The van der Waals surface area contributed by atoms with Gasteiger partial charge in [-0.25, -0.2) is 0 Å². The van der Waals surface area contributed by atoms with Crippen molar-refractivity contribution in [1.82, 2.24) is 5.32 Å². The minimum absolute atomic E-state index is 0.0213. The van der Waals surface area contributed by atoms with Gasteiger partial charge in [-0.05, 0) is 51.4 Å². The van der Waals surface area contributed by atoms with Gasteiger partial charge in [-0.2, -0.15) is 0 Å². The maximum atomic E-state index is 12.5. The first-order chi connectivity index (χ1) is 38.0. The van der Waals surface area contributed by atoms with Gasteiger partial charge in [-0.1, -0.05) is 353 Å². The summed E-state index contributed by atoms with van der Waals surface area (Å²) >= 11 is 0. The molecule has 0 aliphatic heterocycles. The van der Waals surface area contributed by atoms with Crippen molar-refractivity contribution in [3.63, 3.8) is 0 Å². The van der Waals surface area contributed by atoms with Gasteiger partial charge in [0.05, 0.1) is 25.4 Å². The van der Waals surface area contributed by atoms with Crippen LogP contribution in [0.3, 0.4) is 0 Å². The van der Waals surface area contributed by atoms with Gasteiger partial charge in [0.25, 0.3) is 0 Å². The lowest BCUT2D eigenvalue weighted by Gasteiger charge is -2.22. The SMILES string of the molecule is CCCCCCCCCCCCCCCCC(=O)OCCCCCCCCCCCCCC/C=C\CCCCCCCCCCCCCCCCCCC(=O)NC(CO)C(O)CCCCCCCCCCCCCCCC. The lowest BCUT2D eigenvalue weighted by Crippen LogP contribution is -2.45. The van der Waals surface area contributed by atoms with Crippen LogP contribution in [0.5, 0.6) is 0 Å². The molecular weight excluding hydrogens is 947 g/mol. The highest BCUT2D eigenvalue weighted by Gasteiger charge is 2.20. The Balaban J connectivity index is 3.33. The van der Waals surface area contributed by atoms with Crippen LogP contribution < -0.4 is 5.32 Å². The number of carbonyl (C=O) groups excluding carboxylic acids is 2. The van der Waals surface area contributed by atoms with Crippen molar-refractivity contribution >= 4 is 11.9 Å². The van der Waals surface area contributed by atoms with E-state index in [1.807, 2.05) is 0 Å². The van der Waals surface area contributed by atoms with Crippen molar-refractivity contribution in [2.45, 2.75) is 418 Å². The van der Waals surface area contributed by atoms with Gasteiger partial charge < -0.3 is 20.3 Å². The first-order valence-corrected chi connectivity index (χ1v) is 35.4.